The zero-order valence-electron chi connectivity index (χ0n) is 4.79. The second-order valence-electron chi connectivity index (χ2n) is 1.50. The smallest absolute Gasteiger partial charge is 0.359 e. The van der Waals surface area contributed by atoms with E-state index in [1.54, 1.807) is 6.92 Å². The van der Waals surface area contributed by atoms with E-state index in [2.05, 4.69) is 9.39 Å². The lowest BCUT2D eigenvalue weighted by atomic mass is 10.6. The van der Waals surface area contributed by atoms with Gasteiger partial charge in [0.05, 0.1) is 0 Å². The van der Waals surface area contributed by atoms with E-state index in [0.29, 0.717) is 0 Å². The van der Waals surface area contributed by atoms with Gasteiger partial charge in [-0.15, -0.1) is 0 Å². The number of hydrogen-bond acceptors (Lipinski definition) is 4. The molecule has 0 aliphatic carbocycles. The summed E-state index contributed by atoms with van der Waals surface area (Å²) in [6, 6.07) is 0. The van der Waals surface area contributed by atoms with E-state index in [0.717, 1.165) is 5.04 Å². The van der Waals surface area contributed by atoms with Gasteiger partial charge in [-0.2, -0.15) is 0 Å². The molecule has 0 bridgehead atoms. The number of nitrogens with two attached hydrogens (primary N) is 1. The highest BCUT2D eigenvalue weighted by molar-refractivity contribution is 8.12. The quantitative estimate of drug-likeness (QED) is 0.492. The minimum Gasteiger partial charge on any atom is -0.359 e. The predicted octanol–water partition coefficient (Wildman–Crippen LogP) is -0.714. The SMILES string of the molecule is CC1=NC(C(N)=O)=[N+]S1. The zero-order chi connectivity index (χ0) is 6.85. The van der Waals surface area contributed by atoms with Crippen molar-refractivity contribution in [1.29, 1.82) is 0 Å². The largest absolute Gasteiger partial charge is 0.438 e. The van der Waals surface area contributed by atoms with Crippen LogP contribution in [-0.4, -0.2) is 16.8 Å². The summed E-state index contributed by atoms with van der Waals surface area (Å²) in [7, 11) is 0. The molecule has 0 saturated carbocycles. The van der Waals surface area contributed by atoms with E-state index < -0.39 is 5.91 Å². The van der Waals surface area contributed by atoms with Crippen LogP contribution in [0.25, 0.3) is 0 Å². The van der Waals surface area contributed by atoms with Crippen LogP contribution in [0.1, 0.15) is 6.92 Å². The number of carbonyl (C=O) groups excluding carboxylic acids is 1. The van der Waals surface area contributed by atoms with Crippen LogP contribution in [0.3, 0.4) is 0 Å². The Bertz CT molecular complexity index is 208. The molecule has 0 unspecified atom stereocenters. The average Bonchev–Trinajstić information content (AvgIpc) is 2.14. The molecule has 0 saturated heterocycles. The molecule has 1 aliphatic rings. The molecule has 0 fully saturated rings. The molecule has 2 N–H and O–H groups in total. The van der Waals surface area contributed by atoms with Crippen molar-refractivity contribution in [2.75, 3.05) is 0 Å². The lowest BCUT2D eigenvalue weighted by Gasteiger charge is -1.69. The van der Waals surface area contributed by atoms with Gasteiger partial charge in [0.2, 0.25) is 5.04 Å². The summed E-state index contributed by atoms with van der Waals surface area (Å²) in [5.41, 5.74) is 4.87. The Kier molecular flexibility index (Phi) is 1.52. The third-order valence-corrected chi connectivity index (χ3v) is 1.37. The Balaban J connectivity index is 2.75. The molecule has 0 aromatic rings. The molecule has 1 amide bonds. The Hall–Kier alpha value is -0.840. The van der Waals surface area contributed by atoms with E-state index in [1.165, 1.54) is 11.9 Å². The van der Waals surface area contributed by atoms with Crippen LogP contribution < -0.4 is 10.1 Å². The van der Waals surface area contributed by atoms with Gasteiger partial charge in [-0.05, 0) is 4.99 Å². The van der Waals surface area contributed by atoms with Gasteiger partial charge in [0.15, 0.2) is 11.9 Å². The van der Waals surface area contributed by atoms with Gasteiger partial charge in [0, 0.05) is 11.3 Å². The van der Waals surface area contributed by atoms with Gasteiger partial charge < -0.3 is 5.73 Å². The van der Waals surface area contributed by atoms with Gasteiger partial charge in [0.25, 0.3) is 0 Å². The number of amides is 1. The van der Waals surface area contributed by atoms with Crippen molar-refractivity contribution in [3.63, 3.8) is 0 Å². The van der Waals surface area contributed by atoms with Gasteiger partial charge in [0.1, 0.15) is 0 Å². The molecule has 4 nitrogen and oxygen atoms in total. The van der Waals surface area contributed by atoms with E-state index in [4.69, 9.17) is 5.73 Å². The molecule has 1 rings (SSSR count). The summed E-state index contributed by atoms with van der Waals surface area (Å²) in [6.45, 7) is 1.77. The molecule has 0 aromatic carbocycles. The highest BCUT2D eigenvalue weighted by atomic mass is 32.2. The van der Waals surface area contributed by atoms with Crippen LogP contribution in [0.4, 0.5) is 0 Å². The second-order valence-corrected chi connectivity index (χ2v) is 2.46. The molecular weight excluding hydrogens is 138 g/mol. The van der Waals surface area contributed by atoms with Crippen molar-refractivity contribution >= 4 is 28.7 Å². The maximum Gasteiger partial charge on any atom is 0.438 e. The Morgan fingerprint density at radius 3 is 2.78 bits per heavy atom. The first kappa shape index (κ1) is 6.28. The molecule has 5 heteroatoms. The van der Waals surface area contributed by atoms with Crippen molar-refractivity contribution in [2.45, 2.75) is 6.92 Å². The molecule has 47 valence electrons. The highest BCUT2D eigenvalue weighted by Crippen LogP contribution is 2.03. The summed E-state index contributed by atoms with van der Waals surface area (Å²) in [6.07, 6.45) is 0. The number of rotatable bonds is 1. The van der Waals surface area contributed by atoms with Crippen molar-refractivity contribution in [1.82, 2.24) is 4.40 Å². The Morgan fingerprint density at radius 1 is 1.89 bits per heavy atom. The molecule has 1 heterocycles. The van der Waals surface area contributed by atoms with Crippen LogP contribution in [-0.2, 0) is 4.79 Å². The fourth-order valence-electron chi connectivity index (χ4n) is 0.399. The summed E-state index contributed by atoms with van der Waals surface area (Å²) in [5.74, 6) is -0.461. The van der Waals surface area contributed by atoms with Gasteiger partial charge in [-0.25, -0.2) is 0 Å². The highest BCUT2D eigenvalue weighted by Gasteiger charge is 2.26. The molecule has 0 spiro atoms. The lowest BCUT2D eigenvalue weighted by molar-refractivity contribution is -0.112. The number of nitrogens with zero attached hydrogens (tertiary/aromatic N) is 2. The molecule has 1 radical (unpaired) electrons. The number of carbonyl (C=O) groups is 1. The van der Waals surface area contributed by atoms with E-state index in [9.17, 15) is 4.79 Å². The third-order valence-electron chi connectivity index (χ3n) is 0.748. The van der Waals surface area contributed by atoms with Crippen molar-refractivity contribution in [3.8, 4) is 0 Å². The van der Waals surface area contributed by atoms with E-state index >= 15 is 0 Å². The second kappa shape index (κ2) is 2.18. The number of amidine groups is 1. The minimum atomic E-state index is -0.570. The number of hydrogen-bond donors (Lipinski definition) is 1. The number of primary amides is 1. The summed E-state index contributed by atoms with van der Waals surface area (Å²) in [4.78, 5) is 14.1. The van der Waals surface area contributed by atoms with Gasteiger partial charge in [-0.3, -0.25) is 4.79 Å². The lowest BCUT2D eigenvalue weighted by Crippen LogP contribution is -2.22. The zero-order valence-corrected chi connectivity index (χ0v) is 5.60. The fourth-order valence-corrected chi connectivity index (χ4v) is 0.876. The van der Waals surface area contributed by atoms with Crippen molar-refractivity contribution in [3.05, 3.63) is 0 Å². The van der Waals surface area contributed by atoms with Gasteiger partial charge >= 0.3 is 11.7 Å². The normalized spacial score (nSPS) is 17.0. The first-order chi connectivity index (χ1) is 4.20. The van der Waals surface area contributed by atoms with Crippen LogP contribution >= 0.6 is 11.9 Å². The molecule has 0 aromatic heterocycles. The van der Waals surface area contributed by atoms with Crippen LogP contribution in [0.5, 0.6) is 0 Å². The number of aliphatic imine (C=N–C) groups is 1. The molecule has 9 heavy (non-hydrogen) atoms. The van der Waals surface area contributed by atoms with Crippen LogP contribution in [0.2, 0.25) is 0 Å². The Labute approximate surface area is 56.4 Å². The van der Waals surface area contributed by atoms with Gasteiger partial charge in [-0.1, -0.05) is 0 Å². The topological polar surface area (TPSA) is 69.5 Å². The predicted molar refractivity (Wildman–Crippen MR) is 37.0 cm³/mol. The van der Waals surface area contributed by atoms with Crippen LogP contribution in [0, 0.1) is 0 Å². The maximum absolute atomic E-state index is 10.3. The first-order valence-corrected chi connectivity index (χ1v) is 3.07. The van der Waals surface area contributed by atoms with Crippen molar-refractivity contribution in [2.24, 2.45) is 10.7 Å². The summed E-state index contributed by atoms with van der Waals surface area (Å²) < 4.78 is 3.67. The average molecular weight is 143 g/mol. The maximum atomic E-state index is 10.3. The minimum absolute atomic E-state index is 0.109. The molecular formula is C4H5N3OS+. The van der Waals surface area contributed by atoms with Crippen molar-refractivity contribution < 1.29 is 4.79 Å². The van der Waals surface area contributed by atoms with E-state index in [-0.39, 0.29) is 5.84 Å². The molecule has 0 atom stereocenters. The first-order valence-electron chi connectivity index (χ1n) is 2.30. The van der Waals surface area contributed by atoms with E-state index in [1.807, 2.05) is 0 Å². The molecule has 1 aliphatic heterocycles. The van der Waals surface area contributed by atoms with Crippen LogP contribution in [0.15, 0.2) is 4.99 Å². The monoisotopic (exact) mass is 143 g/mol. The standard InChI is InChI=1S/C4H5N3OS/c1-2-6-4(3(5)8)7-9-2/h1H3,(H2,5,8)/q+1. The summed E-state index contributed by atoms with van der Waals surface area (Å²) in [5, 5.41) is 0.754. The fraction of sp³-hybridized carbons (Fsp3) is 0.250. The Morgan fingerprint density at radius 2 is 2.56 bits per heavy atom. The summed E-state index contributed by atoms with van der Waals surface area (Å²) >= 11 is 1.17. The third kappa shape index (κ3) is 1.29.